The summed E-state index contributed by atoms with van der Waals surface area (Å²) in [6.45, 7) is 2.09. The molecule has 0 saturated carbocycles. The van der Waals surface area contributed by atoms with Crippen molar-refractivity contribution >= 4 is 34.2 Å². The number of alkyl halides is 3. The molecule has 0 bridgehead atoms. The highest BCUT2D eigenvalue weighted by atomic mass is 127. The van der Waals surface area contributed by atoms with E-state index in [1.807, 2.05) is 6.92 Å². The predicted octanol–water partition coefficient (Wildman–Crippen LogP) is 4.93. The fourth-order valence-corrected chi connectivity index (χ4v) is 2.85. The maximum atomic E-state index is 13.3. The zero-order valence-electron chi connectivity index (χ0n) is 14.0. The van der Waals surface area contributed by atoms with Gasteiger partial charge in [0.2, 0.25) is 0 Å². The molecule has 7 heteroatoms. The molecular weight excluding hydrogens is 444 g/mol. The molecule has 0 heterocycles. The summed E-state index contributed by atoms with van der Waals surface area (Å²) in [5.41, 5.74) is 0.985. The molecule has 0 spiro atoms. The van der Waals surface area contributed by atoms with E-state index >= 15 is 0 Å². The molecule has 1 amide bonds. The number of benzene rings is 2. The average molecular weight is 462 g/mol. The predicted molar refractivity (Wildman–Crippen MR) is 101 cm³/mol. The van der Waals surface area contributed by atoms with E-state index in [1.54, 1.807) is 37.2 Å². The van der Waals surface area contributed by atoms with Gasteiger partial charge in [-0.15, -0.1) is 0 Å². The Labute approximate surface area is 158 Å². The maximum absolute atomic E-state index is 13.3. The molecule has 0 unspecified atom stereocenters. The fourth-order valence-electron chi connectivity index (χ4n) is 2.33. The SMILES string of the molecule is Cc1ccc(C(=O)Nc2ccc(CN(C)C)c(C(F)(F)F)c2)cc1I. The second-order valence-corrected chi connectivity index (χ2v) is 7.19. The van der Waals surface area contributed by atoms with Crippen LogP contribution in [0.2, 0.25) is 0 Å². The molecule has 0 radical (unpaired) electrons. The Hall–Kier alpha value is -1.61. The number of carbonyl (C=O) groups is 1. The van der Waals surface area contributed by atoms with E-state index in [0.29, 0.717) is 5.56 Å². The van der Waals surface area contributed by atoms with Gasteiger partial charge in [0.15, 0.2) is 0 Å². The van der Waals surface area contributed by atoms with Gasteiger partial charge in [-0.2, -0.15) is 13.2 Å². The number of nitrogens with zero attached hydrogens (tertiary/aromatic N) is 1. The van der Waals surface area contributed by atoms with Gasteiger partial charge in [0.05, 0.1) is 5.56 Å². The van der Waals surface area contributed by atoms with E-state index in [0.717, 1.165) is 15.2 Å². The van der Waals surface area contributed by atoms with Crippen molar-refractivity contribution in [1.82, 2.24) is 4.90 Å². The standard InChI is InChI=1S/C18H18F3IN2O/c1-11-4-5-12(8-16(11)22)17(25)23-14-7-6-13(10-24(2)3)15(9-14)18(19,20)21/h4-9H,10H2,1-3H3,(H,23,25). The number of rotatable bonds is 4. The first-order chi connectivity index (χ1) is 11.6. The first-order valence-corrected chi connectivity index (χ1v) is 8.58. The van der Waals surface area contributed by atoms with Crippen molar-refractivity contribution < 1.29 is 18.0 Å². The molecule has 3 nitrogen and oxygen atoms in total. The van der Waals surface area contributed by atoms with Gasteiger partial charge in [-0.25, -0.2) is 0 Å². The van der Waals surface area contributed by atoms with Crippen LogP contribution in [0.4, 0.5) is 18.9 Å². The summed E-state index contributed by atoms with van der Waals surface area (Å²) >= 11 is 2.11. The third-order valence-electron chi connectivity index (χ3n) is 3.59. The zero-order chi connectivity index (χ0) is 18.8. The highest BCUT2D eigenvalue weighted by molar-refractivity contribution is 14.1. The number of hydrogen-bond donors (Lipinski definition) is 1. The monoisotopic (exact) mass is 462 g/mol. The van der Waals surface area contributed by atoms with Crippen molar-refractivity contribution in [2.45, 2.75) is 19.6 Å². The van der Waals surface area contributed by atoms with Crippen LogP contribution in [0.3, 0.4) is 0 Å². The zero-order valence-corrected chi connectivity index (χ0v) is 16.2. The van der Waals surface area contributed by atoms with Crippen LogP contribution in [-0.4, -0.2) is 24.9 Å². The average Bonchev–Trinajstić information content (AvgIpc) is 2.50. The van der Waals surface area contributed by atoms with Crippen molar-refractivity contribution in [2.24, 2.45) is 0 Å². The Morgan fingerprint density at radius 3 is 2.40 bits per heavy atom. The summed E-state index contributed by atoms with van der Waals surface area (Å²) in [4.78, 5) is 14.0. The highest BCUT2D eigenvalue weighted by Gasteiger charge is 2.33. The molecular formula is C18H18F3IN2O. The van der Waals surface area contributed by atoms with E-state index in [4.69, 9.17) is 0 Å². The summed E-state index contributed by atoms with van der Waals surface area (Å²) in [6, 6.07) is 9.03. The van der Waals surface area contributed by atoms with Gasteiger partial charge in [-0.05, 0) is 79.0 Å². The number of anilines is 1. The van der Waals surface area contributed by atoms with Crippen molar-refractivity contribution in [2.75, 3.05) is 19.4 Å². The Kier molecular flexibility index (Phi) is 6.10. The summed E-state index contributed by atoms with van der Waals surface area (Å²) in [7, 11) is 3.41. The van der Waals surface area contributed by atoms with E-state index in [1.165, 1.54) is 12.1 Å². The lowest BCUT2D eigenvalue weighted by molar-refractivity contribution is -0.138. The van der Waals surface area contributed by atoms with E-state index in [-0.39, 0.29) is 17.8 Å². The van der Waals surface area contributed by atoms with Crippen LogP contribution < -0.4 is 5.32 Å². The molecule has 1 N–H and O–H groups in total. The Morgan fingerprint density at radius 2 is 1.84 bits per heavy atom. The van der Waals surface area contributed by atoms with Crippen LogP contribution in [0.5, 0.6) is 0 Å². The van der Waals surface area contributed by atoms with Crippen LogP contribution in [0.15, 0.2) is 36.4 Å². The van der Waals surface area contributed by atoms with Gasteiger partial charge < -0.3 is 10.2 Å². The molecule has 2 aromatic carbocycles. The summed E-state index contributed by atoms with van der Waals surface area (Å²) in [5.74, 6) is -0.439. The normalized spacial score (nSPS) is 11.7. The molecule has 0 atom stereocenters. The van der Waals surface area contributed by atoms with Crippen LogP contribution in [0, 0.1) is 10.5 Å². The molecule has 2 aromatic rings. The van der Waals surface area contributed by atoms with Crippen molar-refractivity contribution in [3.8, 4) is 0 Å². The van der Waals surface area contributed by atoms with Crippen LogP contribution in [0.25, 0.3) is 0 Å². The summed E-state index contributed by atoms with van der Waals surface area (Å²) < 4.78 is 40.8. The summed E-state index contributed by atoms with van der Waals surface area (Å²) in [6.07, 6.45) is -4.48. The second kappa shape index (κ2) is 7.74. The Balaban J connectivity index is 2.30. The van der Waals surface area contributed by atoms with E-state index < -0.39 is 17.6 Å². The second-order valence-electron chi connectivity index (χ2n) is 6.03. The van der Waals surface area contributed by atoms with E-state index in [2.05, 4.69) is 27.9 Å². The van der Waals surface area contributed by atoms with Crippen molar-refractivity contribution in [3.05, 3.63) is 62.2 Å². The highest BCUT2D eigenvalue weighted by Crippen LogP contribution is 2.34. The number of amides is 1. The maximum Gasteiger partial charge on any atom is 0.416 e. The van der Waals surface area contributed by atoms with Crippen LogP contribution in [0.1, 0.15) is 27.0 Å². The molecule has 2 rings (SSSR count). The minimum atomic E-state index is -4.48. The minimum absolute atomic E-state index is 0.121. The molecule has 0 aliphatic heterocycles. The first-order valence-electron chi connectivity index (χ1n) is 7.50. The van der Waals surface area contributed by atoms with Crippen molar-refractivity contribution in [1.29, 1.82) is 0 Å². The van der Waals surface area contributed by atoms with Crippen LogP contribution in [-0.2, 0) is 12.7 Å². The summed E-state index contributed by atoms with van der Waals surface area (Å²) in [5, 5.41) is 2.54. The van der Waals surface area contributed by atoms with Gasteiger partial charge in [0.1, 0.15) is 0 Å². The number of halogens is 4. The number of carbonyl (C=O) groups excluding carboxylic acids is 1. The Bertz CT molecular complexity index is 788. The molecule has 0 saturated heterocycles. The number of hydrogen-bond acceptors (Lipinski definition) is 2. The molecule has 25 heavy (non-hydrogen) atoms. The third kappa shape index (κ3) is 5.18. The molecule has 0 aliphatic carbocycles. The van der Waals surface area contributed by atoms with Gasteiger partial charge in [0.25, 0.3) is 5.91 Å². The molecule has 0 aliphatic rings. The topological polar surface area (TPSA) is 32.3 Å². The van der Waals surface area contributed by atoms with Gasteiger partial charge >= 0.3 is 6.18 Å². The lowest BCUT2D eigenvalue weighted by Crippen LogP contribution is -2.18. The lowest BCUT2D eigenvalue weighted by atomic mass is 10.1. The number of nitrogens with one attached hydrogen (secondary N) is 1. The number of aryl methyl sites for hydroxylation is 1. The quantitative estimate of drug-likeness (QED) is 0.654. The third-order valence-corrected chi connectivity index (χ3v) is 4.76. The minimum Gasteiger partial charge on any atom is -0.322 e. The van der Waals surface area contributed by atoms with Gasteiger partial charge in [0, 0.05) is 21.4 Å². The van der Waals surface area contributed by atoms with E-state index in [9.17, 15) is 18.0 Å². The smallest absolute Gasteiger partial charge is 0.322 e. The molecule has 0 aromatic heterocycles. The largest absolute Gasteiger partial charge is 0.416 e. The molecule has 0 fully saturated rings. The molecule has 134 valence electrons. The van der Waals surface area contributed by atoms with Gasteiger partial charge in [-0.1, -0.05) is 12.1 Å². The lowest BCUT2D eigenvalue weighted by Gasteiger charge is -2.18. The van der Waals surface area contributed by atoms with Crippen LogP contribution >= 0.6 is 22.6 Å². The fraction of sp³-hybridized carbons (Fsp3) is 0.278. The van der Waals surface area contributed by atoms with Crippen molar-refractivity contribution in [3.63, 3.8) is 0 Å². The van der Waals surface area contributed by atoms with Gasteiger partial charge in [-0.3, -0.25) is 4.79 Å². The Morgan fingerprint density at radius 1 is 1.16 bits per heavy atom. The first kappa shape index (κ1) is 19.7.